The Morgan fingerprint density at radius 1 is 0.795 bits per heavy atom. The standard InChI is InChI=1S/C33H48N2O3Si/c1-22(2)31-24(4)29(34-36-31)21-20-23(3)30-25(5)32(37-35-30)26(6)38-39(33(7,8)9,27-16-12-10-13-17-27)28-18-14-11-15-19-28/h10-19,22-26,31-32H,20-21H2,1-9H3/t23-,24-,25-,26+,31+,32+/m0/s1. The second-order valence-electron chi connectivity index (χ2n) is 13.0. The minimum Gasteiger partial charge on any atom is -0.401 e. The maximum atomic E-state index is 7.35. The molecule has 212 valence electrons. The maximum absolute atomic E-state index is 7.35. The van der Waals surface area contributed by atoms with Gasteiger partial charge in [-0.15, -0.1) is 0 Å². The monoisotopic (exact) mass is 548 g/mol. The van der Waals surface area contributed by atoms with E-state index in [4.69, 9.17) is 14.1 Å². The lowest BCUT2D eigenvalue weighted by molar-refractivity contribution is -0.0169. The number of benzene rings is 2. The highest BCUT2D eigenvalue weighted by Crippen LogP contribution is 2.39. The minimum absolute atomic E-state index is 0.0859. The molecule has 0 aromatic heterocycles. The molecule has 39 heavy (non-hydrogen) atoms. The van der Waals surface area contributed by atoms with Crippen molar-refractivity contribution in [1.82, 2.24) is 0 Å². The minimum atomic E-state index is -2.68. The predicted octanol–water partition coefficient (Wildman–Crippen LogP) is 6.81. The second kappa shape index (κ2) is 12.0. The number of nitrogens with zero attached hydrogens (tertiary/aromatic N) is 2. The van der Waals surface area contributed by atoms with Crippen LogP contribution in [0.4, 0.5) is 0 Å². The first-order chi connectivity index (χ1) is 18.5. The molecule has 4 rings (SSSR count). The van der Waals surface area contributed by atoms with Crippen molar-refractivity contribution in [2.75, 3.05) is 0 Å². The average molecular weight is 549 g/mol. The summed E-state index contributed by atoms with van der Waals surface area (Å²) in [6.45, 7) is 20.2. The Hall–Kier alpha value is -2.44. The van der Waals surface area contributed by atoms with E-state index in [1.165, 1.54) is 16.1 Å². The van der Waals surface area contributed by atoms with Crippen molar-refractivity contribution in [3.8, 4) is 0 Å². The third-order valence-electron chi connectivity index (χ3n) is 8.79. The quantitative estimate of drug-likeness (QED) is 0.307. The van der Waals surface area contributed by atoms with Crippen molar-refractivity contribution in [2.24, 2.45) is 34.0 Å². The zero-order valence-electron chi connectivity index (χ0n) is 25.3. The van der Waals surface area contributed by atoms with E-state index in [-0.39, 0.29) is 29.3 Å². The van der Waals surface area contributed by atoms with Gasteiger partial charge in [-0.05, 0) is 47.0 Å². The lowest BCUT2D eigenvalue weighted by Crippen LogP contribution is -2.68. The summed E-state index contributed by atoms with van der Waals surface area (Å²) in [5.74, 6) is 1.31. The van der Waals surface area contributed by atoms with Crippen molar-refractivity contribution in [3.63, 3.8) is 0 Å². The Bertz CT molecular complexity index is 1100. The molecule has 2 aliphatic heterocycles. The molecule has 0 radical (unpaired) electrons. The van der Waals surface area contributed by atoms with E-state index in [0.29, 0.717) is 17.8 Å². The van der Waals surface area contributed by atoms with Crippen LogP contribution < -0.4 is 10.4 Å². The molecule has 5 nitrogen and oxygen atoms in total. The smallest absolute Gasteiger partial charge is 0.261 e. The Labute approximate surface area is 237 Å². The van der Waals surface area contributed by atoms with E-state index in [0.717, 1.165) is 18.6 Å². The van der Waals surface area contributed by atoms with Crippen molar-refractivity contribution < 1.29 is 14.1 Å². The van der Waals surface area contributed by atoms with Crippen molar-refractivity contribution in [1.29, 1.82) is 0 Å². The van der Waals surface area contributed by atoms with Gasteiger partial charge in [-0.25, -0.2) is 0 Å². The summed E-state index contributed by atoms with van der Waals surface area (Å²) in [5, 5.41) is 11.6. The third-order valence-corrected chi connectivity index (χ3v) is 13.9. The second-order valence-corrected chi connectivity index (χ2v) is 17.2. The molecule has 0 bridgehead atoms. The summed E-state index contributed by atoms with van der Waals surface area (Å²) >= 11 is 0. The van der Waals surface area contributed by atoms with E-state index in [1.807, 2.05) is 0 Å². The molecule has 6 heteroatoms. The van der Waals surface area contributed by atoms with E-state index in [1.54, 1.807) is 0 Å². The van der Waals surface area contributed by atoms with Gasteiger partial charge in [-0.2, -0.15) is 0 Å². The molecule has 0 aliphatic carbocycles. The molecule has 0 saturated heterocycles. The number of rotatable bonds is 10. The van der Waals surface area contributed by atoms with Crippen LogP contribution in [0.3, 0.4) is 0 Å². The molecule has 2 aromatic rings. The van der Waals surface area contributed by atoms with Crippen LogP contribution in [0, 0.1) is 23.7 Å². The van der Waals surface area contributed by atoms with Gasteiger partial charge in [0.1, 0.15) is 6.10 Å². The van der Waals surface area contributed by atoms with E-state index >= 15 is 0 Å². The molecule has 0 fully saturated rings. The van der Waals surface area contributed by atoms with Gasteiger partial charge >= 0.3 is 0 Å². The first-order valence-corrected chi connectivity index (χ1v) is 16.6. The van der Waals surface area contributed by atoms with Crippen LogP contribution in [0.5, 0.6) is 0 Å². The van der Waals surface area contributed by atoms with Crippen LogP contribution in [0.2, 0.25) is 5.04 Å². The van der Waals surface area contributed by atoms with Gasteiger partial charge < -0.3 is 14.1 Å². The lowest BCUT2D eigenvalue weighted by atomic mass is 9.84. The normalized spacial score (nSPS) is 25.1. The van der Waals surface area contributed by atoms with Crippen molar-refractivity contribution in [3.05, 3.63) is 60.7 Å². The van der Waals surface area contributed by atoms with E-state index in [9.17, 15) is 0 Å². The summed E-state index contributed by atoms with van der Waals surface area (Å²) in [6.07, 6.45) is 1.85. The molecule has 2 aliphatic rings. The molecule has 0 unspecified atom stereocenters. The van der Waals surface area contributed by atoms with E-state index in [2.05, 4.69) is 133 Å². The summed E-state index contributed by atoms with van der Waals surface area (Å²) in [5.41, 5.74) is 2.30. The third kappa shape index (κ3) is 5.87. The largest absolute Gasteiger partial charge is 0.401 e. The Kier molecular flexibility index (Phi) is 9.07. The zero-order chi connectivity index (χ0) is 28.4. The van der Waals surface area contributed by atoms with Gasteiger partial charge in [-0.1, -0.05) is 126 Å². The van der Waals surface area contributed by atoms with E-state index < -0.39 is 8.32 Å². The number of oxime groups is 2. The Balaban J connectivity index is 1.50. The fourth-order valence-corrected chi connectivity index (χ4v) is 11.2. The molecule has 0 spiro atoms. The Morgan fingerprint density at radius 3 is 1.82 bits per heavy atom. The molecular formula is C33H48N2O3Si. The summed E-state index contributed by atoms with van der Waals surface area (Å²) < 4.78 is 7.35. The fourth-order valence-electron chi connectivity index (χ4n) is 6.51. The molecule has 0 amide bonds. The van der Waals surface area contributed by atoms with Crippen molar-refractivity contribution in [2.45, 2.75) is 98.5 Å². The average Bonchev–Trinajstić information content (AvgIpc) is 3.48. The van der Waals surface area contributed by atoms with Crippen LogP contribution >= 0.6 is 0 Å². The predicted molar refractivity (Wildman–Crippen MR) is 164 cm³/mol. The highest BCUT2D eigenvalue weighted by molar-refractivity contribution is 6.99. The number of hydrogen-bond acceptors (Lipinski definition) is 5. The van der Waals surface area contributed by atoms with Gasteiger partial charge in [0, 0.05) is 11.8 Å². The zero-order valence-corrected chi connectivity index (χ0v) is 26.3. The first kappa shape index (κ1) is 29.5. The molecule has 2 aromatic carbocycles. The SMILES string of the molecule is CC(C)[C@H]1ON=C(CC[C@H](C)C2=NO[C@@H]([C@@H](C)O[Si](c3ccccc3)(c3ccccc3)C(C)(C)C)[C@H]2C)[C@@H]1C. The molecule has 0 N–H and O–H groups in total. The van der Waals surface area contributed by atoms with Crippen LogP contribution in [0.15, 0.2) is 71.0 Å². The van der Waals surface area contributed by atoms with Crippen LogP contribution in [0.1, 0.15) is 75.2 Å². The van der Waals surface area contributed by atoms with Crippen LogP contribution in [-0.4, -0.2) is 38.1 Å². The topological polar surface area (TPSA) is 52.4 Å². The summed E-state index contributed by atoms with van der Waals surface area (Å²) in [4.78, 5) is 11.9. The van der Waals surface area contributed by atoms with Gasteiger partial charge in [0.05, 0.1) is 17.5 Å². The molecule has 6 atom stereocenters. The van der Waals surface area contributed by atoms with Gasteiger partial charge in [0.2, 0.25) is 0 Å². The van der Waals surface area contributed by atoms with Gasteiger partial charge in [-0.3, -0.25) is 0 Å². The summed E-state index contributed by atoms with van der Waals surface area (Å²) in [7, 11) is -2.68. The highest BCUT2D eigenvalue weighted by Gasteiger charge is 2.53. The van der Waals surface area contributed by atoms with Crippen molar-refractivity contribution >= 4 is 30.1 Å². The van der Waals surface area contributed by atoms with Gasteiger partial charge in [0.15, 0.2) is 6.10 Å². The molecule has 2 heterocycles. The molecule has 0 saturated carbocycles. The highest BCUT2D eigenvalue weighted by atomic mass is 28.4. The first-order valence-electron chi connectivity index (χ1n) is 14.7. The lowest BCUT2D eigenvalue weighted by Gasteiger charge is -2.45. The van der Waals surface area contributed by atoms with Crippen LogP contribution in [0.25, 0.3) is 0 Å². The number of hydrogen-bond donors (Lipinski definition) is 0. The maximum Gasteiger partial charge on any atom is 0.261 e. The fraction of sp³-hybridized carbons (Fsp3) is 0.576. The van der Waals surface area contributed by atoms with Crippen LogP contribution in [-0.2, 0) is 14.1 Å². The Morgan fingerprint density at radius 2 is 1.33 bits per heavy atom. The summed E-state index contributed by atoms with van der Waals surface area (Å²) in [6, 6.07) is 21.6. The van der Waals surface area contributed by atoms with Gasteiger partial charge in [0.25, 0.3) is 8.32 Å². The molecular weight excluding hydrogens is 500 g/mol.